The molecule has 4 aromatic rings. The maximum Gasteiger partial charge on any atom is 0.408 e. The minimum absolute atomic E-state index is 0.0209. The molecule has 5 atom stereocenters. The van der Waals surface area contributed by atoms with Crippen molar-refractivity contribution in [2.75, 3.05) is 6.61 Å². The number of hydrogen-bond acceptors (Lipinski definition) is 9. The van der Waals surface area contributed by atoms with E-state index in [4.69, 9.17) is 37.2 Å². The van der Waals surface area contributed by atoms with E-state index >= 15 is 0 Å². The number of aromatic amines is 1. The molecule has 0 bridgehead atoms. The predicted molar refractivity (Wildman–Crippen MR) is 199 cm³/mol. The predicted octanol–water partition coefficient (Wildman–Crippen LogP) is 7.01. The van der Waals surface area contributed by atoms with Crippen LogP contribution in [0.3, 0.4) is 0 Å². The van der Waals surface area contributed by atoms with Gasteiger partial charge in [0.25, 0.3) is 5.82 Å². The second-order valence-electron chi connectivity index (χ2n) is 13.6. The number of carbonyl (C=O) groups excluding carboxylic acids is 4. The van der Waals surface area contributed by atoms with E-state index in [-0.39, 0.29) is 49.6 Å². The maximum atomic E-state index is 14.8. The summed E-state index contributed by atoms with van der Waals surface area (Å²) in [4.78, 5) is 62.4. The first kappa shape index (κ1) is 39.6. The highest BCUT2D eigenvalue weighted by atomic mass is 35.5. The van der Waals surface area contributed by atoms with Crippen molar-refractivity contribution in [3.05, 3.63) is 81.0 Å². The molecule has 13 nitrogen and oxygen atoms in total. The lowest BCUT2D eigenvalue weighted by Gasteiger charge is -2.39. The maximum absolute atomic E-state index is 14.8. The van der Waals surface area contributed by atoms with Crippen LogP contribution < -0.4 is 16.0 Å². The molecule has 0 saturated carbocycles. The number of ether oxygens (including phenoxy) is 2. The van der Waals surface area contributed by atoms with E-state index < -0.39 is 41.5 Å². The molecule has 0 aliphatic heterocycles. The topological polar surface area (TPSA) is 178 Å². The third-order valence-corrected chi connectivity index (χ3v) is 10.4. The van der Waals surface area contributed by atoms with Crippen LogP contribution in [0.15, 0.2) is 47.0 Å². The van der Waals surface area contributed by atoms with Crippen LogP contribution in [0.25, 0.3) is 10.9 Å². The van der Waals surface area contributed by atoms with Crippen molar-refractivity contribution in [3.8, 4) is 0 Å². The van der Waals surface area contributed by atoms with Crippen molar-refractivity contribution in [2.45, 2.75) is 97.4 Å². The molecule has 2 aromatic carbocycles. The lowest BCUT2D eigenvalue weighted by molar-refractivity contribution is -0.136. The van der Waals surface area contributed by atoms with Crippen LogP contribution in [0.5, 0.6) is 0 Å². The SMILES string of the molecule is CCCOC(=O)c1noc(C(NC(=O)[C@@]2(NC(=O)C(NC(=O)OCc3ccccc3)C(C)CC)CCc3[nH]c4c(Cl)cc(Cl)cc4c3C2)C(C)CC)n1. The Labute approximate surface area is 318 Å². The minimum Gasteiger partial charge on any atom is -0.460 e. The second-order valence-corrected chi connectivity index (χ2v) is 14.5. The van der Waals surface area contributed by atoms with Gasteiger partial charge >= 0.3 is 12.1 Å². The number of esters is 1. The highest BCUT2D eigenvalue weighted by Crippen LogP contribution is 2.39. The van der Waals surface area contributed by atoms with Gasteiger partial charge in [-0.05, 0) is 59.5 Å². The van der Waals surface area contributed by atoms with Gasteiger partial charge in [0.05, 0.1) is 17.1 Å². The van der Waals surface area contributed by atoms with Gasteiger partial charge in [0.1, 0.15) is 24.2 Å². The van der Waals surface area contributed by atoms with E-state index in [0.717, 1.165) is 22.2 Å². The van der Waals surface area contributed by atoms with Gasteiger partial charge in [0, 0.05) is 22.5 Å². The number of rotatable bonds is 15. The van der Waals surface area contributed by atoms with Crippen molar-refractivity contribution in [3.63, 3.8) is 0 Å². The molecule has 1 aliphatic rings. The largest absolute Gasteiger partial charge is 0.460 e. The average Bonchev–Trinajstić information content (AvgIpc) is 3.79. The number of alkyl carbamates (subject to hydrolysis) is 1. The Morgan fingerprint density at radius 2 is 1.74 bits per heavy atom. The Kier molecular flexibility index (Phi) is 13.0. The molecule has 2 heterocycles. The average molecular weight is 770 g/mol. The van der Waals surface area contributed by atoms with Gasteiger partial charge in [0.15, 0.2) is 0 Å². The zero-order valence-corrected chi connectivity index (χ0v) is 32.0. The quantitative estimate of drug-likeness (QED) is 0.0926. The number of aromatic nitrogens is 3. The molecule has 0 saturated heterocycles. The fourth-order valence-electron chi connectivity index (χ4n) is 6.40. The Morgan fingerprint density at radius 1 is 1.00 bits per heavy atom. The van der Waals surface area contributed by atoms with Gasteiger partial charge in [-0.1, -0.05) is 101 Å². The number of H-pyrrole nitrogens is 1. The number of hydrogen-bond donors (Lipinski definition) is 4. The first-order valence-electron chi connectivity index (χ1n) is 18.0. The summed E-state index contributed by atoms with van der Waals surface area (Å²) in [7, 11) is 0. The minimum atomic E-state index is -1.51. The van der Waals surface area contributed by atoms with Crippen molar-refractivity contribution in [1.29, 1.82) is 0 Å². The van der Waals surface area contributed by atoms with Crippen molar-refractivity contribution < 1.29 is 33.2 Å². The number of aryl methyl sites for hydroxylation is 1. The Balaban J connectivity index is 1.48. The van der Waals surface area contributed by atoms with Crippen molar-refractivity contribution >= 4 is 58.0 Å². The number of halogens is 2. The van der Waals surface area contributed by atoms with Crippen molar-refractivity contribution in [2.24, 2.45) is 11.8 Å². The van der Waals surface area contributed by atoms with Crippen LogP contribution in [-0.4, -0.2) is 57.2 Å². The molecule has 5 rings (SSSR count). The number of nitrogens with one attached hydrogen (secondary N) is 4. The third-order valence-electron chi connectivity index (χ3n) is 9.91. The Morgan fingerprint density at radius 3 is 2.43 bits per heavy atom. The summed E-state index contributed by atoms with van der Waals surface area (Å²) in [6.07, 6.45) is 1.68. The summed E-state index contributed by atoms with van der Waals surface area (Å²) >= 11 is 13.0. The smallest absolute Gasteiger partial charge is 0.408 e. The molecule has 1 aliphatic carbocycles. The third kappa shape index (κ3) is 9.13. The van der Waals surface area contributed by atoms with E-state index in [1.807, 2.05) is 65.0 Å². The van der Waals surface area contributed by atoms with Gasteiger partial charge in [-0.15, -0.1) is 0 Å². The van der Waals surface area contributed by atoms with Crippen LogP contribution in [0.1, 0.15) is 99.7 Å². The number of nitrogens with zero attached hydrogens (tertiary/aromatic N) is 2. The molecular formula is C38H46Cl2N6O7. The van der Waals surface area contributed by atoms with E-state index in [2.05, 4.69) is 31.1 Å². The standard InChI is InChI=1S/C38H46Cl2N6O7/c1-6-16-51-35(48)32-44-34(53-46-32)30(22(5)8-3)42-36(49)38(15-14-28-26(19-38)25-17-24(39)18-27(40)31(25)41-28)45-33(47)29(21(4)7-2)43-37(50)52-20-23-12-10-9-11-13-23/h9-13,17-18,21-22,29-30,41H,6-8,14-16,19-20H2,1-5H3,(H,42,49)(H,43,50)(H,45,47)/t21?,22?,29?,30?,38-/m1/s1. The Hall–Kier alpha value is -4.62. The summed E-state index contributed by atoms with van der Waals surface area (Å²) in [6, 6.07) is 10.8. The fraction of sp³-hybridized carbons (Fsp3) is 0.474. The van der Waals surface area contributed by atoms with Gasteiger partial charge in [-0.3, -0.25) is 9.59 Å². The Bertz CT molecular complexity index is 1930. The monoisotopic (exact) mass is 768 g/mol. The number of benzene rings is 2. The van der Waals surface area contributed by atoms with E-state index in [1.54, 1.807) is 12.1 Å². The molecule has 0 fully saturated rings. The molecule has 3 amide bonds. The molecule has 53 heavy (non-hydrogen) atoms. The molecule has 15 heteroatoms. The van der Waals surface area contributed by atoms with Gasteiger partial charge in [-0.2, -0.15) is 4.98 Å². The zero-order chi connectivity index (χ0) is 38.3. The number of amides is 3. The molecule has 4 N–H and O–H groups in total. The van der Waals surface area contributed by atoms with E-state index in [9.17, 15) is 19.2 Å². The zero-order valence-electron chi connectivity index (χ0n) is 30.5. The normalized spacial score (nSPS) is 17.6. The number of carbonyl (C=O) groups is 4. The van der Waals surface area contributed by atoms with Gasteiger partial charge in [0.2, 0.25) is 17.7 Å². The first-order valence-corrected chi connectivity index (χ1v) is 18.7. The molecular weight excluding hydrogens is 723 g/mol. The molecule has 284 valence electrons. The number of fused-ring (bicyclic) bond motifs is 3. The summed E-state index contributed by atoms with van der Waals surface area (Å²) in [5, 5.41) is 14.3. The summed E-state index contributed by atoms with van der Waals surface area (Å²) in [6.45, 7) is 9.68. The molecule has 0 radical (unpaired) electrons. The lowest BCUT2D eigenvalue weighted by Crippen LogP contribution is -2.65. The molecule has 2 aromatic heterocycles. The fourth-order valence-corrected chi connectivity index (χ4v) is 6.94. The van der Waals surface area contributed by atoms with E-state index in [1.165, 1.54) is 0 Å². The van der Waals surface area contributed by atoms with Crippen LogP contribution >= 0.6 is 23.2 Å². The summed E-state index contributed by atoms with van der Waals surface area (Å²) < 4.78 is 16.1. The second kappa shape index (κ2) is 17.5. The van der Waals surface area contributed by atoms with Crippen LogP contribution in [0.2, 0.25) is 10.0 Å². The molecule has 0 spiro atoms. The van der Waals surface area contributed by atoms with Gasteiger partial charge in [-0.25, -0.2) is 9.59 Å². The van der Waals surface area contributed by atoms with Crippen molar-refractivity contribution in [1.82, 2.24) is 31.1 Å². The van der Waals surface area contributed by atoms with Crippen LogP contribution in [0.4, 0.5) is 4.79 Å². The summed E-state index contributed by atoms with van der Waals surface area (Å²) in [5.41, 5.74) is 1.61. The highest BCUT2D eigenvalue weighted by molar-refractivity contribution is 6.38. The summed E-state index contributed by atoms with van der Waals surface area (Å²) in [5.74, 6) is -2.55. The van der Waals surface area contributed by atoms with E-state index in [0.29, 0.717) is 41.2 Å². The lowest BCUT2D eigenvalue weighted by atomic mass is 9.78. The van der Waals surface area contributed by atoms with Gasteiger partial charge < -0.3 is 34.9 Å². The highest BCUT2D eigenvalue weighted by Gasteiger charge is 2.47. The molecule has 4 unspecified atom stereocenters. The first-order chi connectivity index (χ1) is 25.4. The van der Waals surface area contributed by atoms with Crippen LogP contribution in [0, 0.1) is 11.8 Å². The van der Waals surface area contributed by atoms with Crippen LogP contribution in [-0.2, 0) is 38.5 Å².